The van der Waals surface area contributed by atoms with Gasteiger partial charge in [-0.25, -0.2) is 14.8 Å². The van der Waals surface area contributed by atoms with Crippen LogP contribution in [-0.4, -0.2) is 41.0 Å². The Morgan fingerprint density at radius 2 is 1.81 bits per heavy atom. The summed E-state index contributed by atoms with van der Waals surface area (Å²) in [5, 5.41) is 7.38. The number of aliphatic imine (C=N–C) groups is 1. The highest BCUT2D eigenvalue weighted by molar-refractivity contribution is 6.31. The molecular formula is C15H18ClN9O2. The Morgan fingerprint density at radius 3 is 2.52 bits per heavy atom. The minimum absolute atomic E-state index is 0.0905. The first-order valence-electron chi connectivity index (χ1n) is 7.66. The van der Waals surface area contributed by atoms with Crippen LogP contribution in [0.4, 0.5) is 22.1 Å². The molecule has 0 unspecified atom stereocenters. The lowest BCUT2D eigenvalue weighted by Gasteiger charge is -2.08. The Labute approximate surface area is 159 Å². The topological polar surface area (TPSA) is 186 Å². The molecule has 2 rings (SSSR count). The number of aromatic nitrogens is 2. The molecule has 0 spiro atoms. The molecule has 0 fully saturated rings. The third-order valence-corrected chi connectivity index (χ3v) is 3.35. The van der Waals surface area contributed by atoms with E-state index in [1.54, 1.807) is 24.3 Å². The predicted molar refractivity (Wildman–Crippen MR) is 103 cm³/mol. The van der Waals surface area contributed by atoms with Crippen LogP contribution in [0.5, 0.6) is 0 Å². The Morgan fingerprint density at radius 1 is 1.11 bits per heavy atom. The van der Waals surface area contributed by atoms with E-state index in [4.69, 9.17) is 28.8 Å². The minimum Gasteiger partial charge on any atom is -0.382 e. The van der Waals surface area contributed by atoms with Gasteiger partial charge in [-0.1, -0.05) is 29.8 Å². The quantitative estimate of drug-likeness (QED) is 0.238. The van der Waals surface area contributed by atoms with Crippen molar-refractivity contribution in [2.75, 3.05) is 29.9 Å². The van der Waals surface area contributed by atoms with E-state index in [1.165, 1.54) is 0 Å². The summed E-state index contributed by atoms with van der Waals surface area (Å²) in [6, 6.07) is 8.56. The number of para-hydroxylation sites is 1. The second kappa shape index (κ2) is 9.20. The van der Waals surface area contributed by atoms with Gasteiger partial charge in [-0.3, -0.25) is 15.1 Å². The summed E-state index contributed by atoms with van der Waals surface area (Å²) in [5.74, 6) is -1.20. The van der Waals surface area contributed by atoms with E-state index in [1.807, 2.05) is 6.07 Å². The van der Waals surface area contributed by atoms with Gasteiger partial charge in [0.15, 0.2) is 28.4 Å². The summed E-state index contributed by atoms with van der Waals surface area (Å²) in [4.78, 5) is 35.1. The highest BCUT2D eigenvalue weighted by Gasteiger charge is 2.16. The second-order valence-electron chi connectivity index (χ2n) is 5.10. The monoisotopic (exact) mass is 391 g/mol. The van der Waals surface area contributed by atoms with E-state index in [-0.39, 0.29) is 41.5 Å². The molecular weight excluding hydrogens is 374 g/mol. The van der Waals surface area contributed by atoms with Crippen molar-refractivity contribution in [3.05, 3.63) is 41.2 Å². The molecule has 0 saturated heterocycles. The smallest absolute Gasteiger partial charge is 0.319 e. The second-order valence-corrected chi connectivity index (χ2v) is 5.46. The van der Waals surface area contributed by atoms with E-state index in [0.717, 1.165) is 0 Å². The molecule has 0 atom stereocenters. The number of nitrogen functional groups attached to an aromatic ring is 2. The van der Waals surface area contributed by atoms with E-state index >= 15 is 0 Å². The van der Waals surface area contributed by atoms with Gasteiger partial charge < -0.3 is 27.8 Å². The molecule has 9 N–H and O–H groups in total. The van der Waals surface area contributed by atoms with Crippen LogP contribution < -0.4 is 33.2 Å². The van der Waals surface area contributed by atoms with E-state index in [9.17, 15) is 9.59 Å². The average molecular weight is 392 g/mol. The molecule has 1 aromatic heterocycles. The number of hydrogen-bond acceptors (Lipinski definition) is 7. The first-order chi connectivity index (χ1) is 12.9. The molecule has 2 aromatic rings. The van der Waals surface area contributed by atoms with Crippen LogP contribution in [0, 0.1) is 0 Å². The van der Waals surface area contributed by atoms with Crippen molar-refractivity contribution in [1.29, 1.82) is 0 Å². The van der Waals surface area contributed by atoms with Gasteiger partial charge in [0.05, 0.1) is 6.54 Å². The maximum absolute atomic E-state index is 12.0. The molecule has 11 nitrogen and oxygen atoms in total. The number of carbonyl (C=O) groups is 2. The third-order valence-electron chi connectivity index (χ3n) is 3.07. The largest absolute Gasteiger partial charge is 0.382 e. The minimum atomic E-state index is -0.738. The van der Waals surface area contributed by atoms with Crippen molar-refractivity contribution in [2.45, 2.75) is 0 Å². The van der Waals surface area contributed by atoms with Crippen LogP contribution >= 0.6 is 11.6 Å². The molecule has 142 valence electrons. The number of rotatable bonds is 5. The molecule has 0 aliphatic heterocycles. The summed E-state index contributed by atoms with van der Waals surface area (Å²) in [6.45, 7) is 0.336. The van der Waals surface area contributed by atoms with Gasteiger partial charge in [-0.15, -0.1) is 0 Å². The Hall–Kier alpha value is -3.60. The number of carbonyl (C=O) groups excluding carboxylic acids is 2. The Balaban J connectivity index is 1.79. The molecule has 0 saturated carbocycles. The molecule has 0 aliphatic carbocycles. The van der Waals surface area contributed by atoms with Gasteiger partial charge in [0.1, 0.15) is 0 Å². The van der Waals surface area contributed by atoms with Crippen molar-refractivity contribution < 1.29 is 9.59 Å². The zero-order valence-corrected chi connectivity index (χ0v) is 14.8. The standard InChI is InChI=1S/C15H18ClN9O2/c16-10-12(18)24-11(17)9(23-10)13(26)25-14(19)20-6-7-21-15(27)22-8-4-2-1-3-5-8/h1-5H,6-7H2,(H4,17,18,24)(H2,21,22,27)(H3,19,20,25,26). The number of hydrogen-bond donors (Lipinski definition) is 6. The zero-order chi connectivity index (χ0) is 19.8. The van der Waals surface area contributed by atoms with E-state index < -0.39 is 11.9 Å². The summed E-state index contributed by atoms with van der Waals surface area (Å²) >= 11 is 5.71. The molecule has 3 amide bonds. The molecule has 27 heavy (non-hydrogen) atoms. The van der Waals surface area contributed by atoms with Gasteiger partial charge in [0, 0.05) is 12.2 Å². The van der Waals surface area contributed by atoms with Crippen LogP contribution in [0.2, 0.25) is 5.15 Å². The summed E-state index contributed by atoms with van der Waals surface area (Å²) in [6.07, 6.45) is 0. The molecule has 0 aliphatic rings. The van der Waals surface area contributed by atoms with Crippen LogP contribution in [0.25, 0.3) is 0 Å². The van der Waals surface area contributed by atoms with E-state index in [2.05, 4.69) is 30.9 Å². The maximum atomic E-state index is 12.0. The Bertz CT molecular complexity index is 858. The number of nitrogens with two attached hydrogens (primary N) is 3. The normalized spacial score (nSPS) is 10.9. The van der Waals surface area contributed by atoms with Gasteiger partial charge in [0.25, 0.3) is 5.91 Å². The van der Waals surface area contributed by atoms with Crippen LogP contribution in [0.3, 0.4) is 0 Å². The summed E-state index contributed by atoms with van der Waals surface area (Å²) < 4.78 is 0. The number of guanidine groups is 1. The van der Waals surface area contributed by atoms with Crippen molar-refractivity contribution in [2.24, 2.45) is 10.7 Å². The fraction of sp³-hybridized carbons (Fsp3) is 0.133. The molecule has 1 aromatic carbocycles. The highest BCUT2D eigenvalue weighted by atomic mass is 35.5. The van der Waals surface area contributed by atoms with Gasteiger partial charge in [0.2, 0.25) is 0 Å². The van der Waals surface area contributed by atoms with Crippen LogP contribution in [0.15, 0.2) is 35.3 Å². The average Bonchev–Trinajstić information content (AvgIpc) is 2.62. The van der Waals surface area contributed by atoms with E-state index in [0.29, 0.717) is 5.69 Å². The van der Waals surface area contributed by atoms with Gasteiger partial charge >= 0.3 is 6.03 Å². The number of benzene rings is 1. The van der Waals surface area contributed by atoms with Crippen LogP contribution in [-0.2, 0) is 0 Å². The molecule has 0 radical (unpaired) electrons. The maximum Gasteiger partial charge on any atom is 0.319 e. The van der Waals surface area contributed by atoms with Gasteiger partial charge in [-0.2, -0.15) is 0 Å². The Kier molecular flexibility index (Phi) is 6.72. The lowest BCUT2D eigenvalue weighted by atomic mass is 10.3. The SMILES string of the molecule is NC(=NCCNC(=O)Nc1ccccc1)NC(=O)c1nc(Cl)c(N)nc1N. The first kappa shape index (κ1) is 19.7. The fourth-order valence-electron chi connectivity index (χ4n) is 1.87. The number of urea groups is 1. The number of amides is 3. The zero-order valence-electron chi connectivity index (χ0n) is 14.1. The fourth-order valence-corrected chi connectivity index (χ4v) is 1.99. The number of halogens is 1. The van der Waals surface area contributed by atoms with Crippen molar-refractivity contribution in [1.82, 2.24) is 20.6 Å². The lowest BCUT2D eigenvalue weighted by Crippen LogP contribution is -2.38. The first-order valence-corrected chi connectivity index (χ1v) is 8.04. The third kappa shape index (κ3) is 6.01. The molecule has 0 bridgehead atoms. The van der Waals surface area contributed by atoms with Crippen molar-refractivity contribution >= 4 is 46.8 Å². The number of anilines is 3. The summed E-state index contributed by atoms with van der Waals surface area (Å²) in [7, 11) is 0. The van der Waals surface area contributed by atoms with Gasteiger partial charge in [-0.05, 0) is 12.1 Å². The number of nitrogens with one attached hydrogen (secondary N) is 3. The van der Waals surface area contributed by atoms with Crippen LogP contribution in [0.1, 0.15) is 10.5 Å². The summed E-state index contributed by atoms with van der Waals surface area (Å²) in [5.41, 5.74) is 17.1. The molecule has 1 heterocycles. The molecule has 12 heteroatoms. The van der Waals surface area contributed by atoms with Crippen molar-refractivity contribution in [3.8, 4) is 0 Å². The number of nitrogens with zero attached hydrogens (tertiary/aromatic N) is 3. The highest BCUT2D eigenvalue weighted by Crippen LogP contribution is 2.17. The lowest BCUT2D eigenvalue weighted by molar-refractivity contribution is 0.0972. The predicted octanol–water partition coefficient (Wildman–Crippen LogP) is 0.161. The van der Waals surface area contributed by atoms with Crippen molar-refractivity contribution in [3.63, 3.8) is 0 Å².